The second-order valence-corrected chi connectivity index (χ2v) is 6.10. The van der Waals surface area contributed by atoms with Crippen molar-refractivity contribution < 1.29 is 0 Å². The van der Waals surface area contributed by atoms with Crippen molar-refractivity contribution in [1.29, 1.82) is 0 Å². The van der Waals surface area contributed by atoms with Crippen LogP contribution in [0.3, 0.4) is 0 Å². The SMILES string of the molecule is CCn1nc(C)c(Cl)c1Cn1ccc2cc(Br)ccc21. The second kappa shape index (κ2) is 5.26. The average Bonchev–Trinajstić information content (AvgIpc) is 2.94. The number of hydrogen-bond acceptors (Lipinski definition) is 1. The third kappa shape index (κ3) is 2.27. The van der Waals surface area contributed by atoms with Gasteiger partial charge in [0.05, 0.1) is 23.0 Å². The van der Waals surface area contributed by atoms with Crippen LogP contribution in [0.25, 0.3) is 10.9 Å². The lowest BCUT2D eigenvalue weighted by Gasteiger charge is -2.08. The maximum absolute atomic E-state index is 6.38. The van der Waals surface area contributed by atoms with Gasteiger partial charge in [-0.1, -0.05) is 27.5 Å². The smallest absolute Gasteiger partial charge is 0.0865 e. The first kappa shape index (κ1) is 13.7. The zero-order chi connectivity index (χ0) is 14.3. The summed E-state index contributed by atoms with van der Waals surface area (Å²) in [5.74, 6) is 0. The topological polar surface area (TPSA) is 22.8 Å². The lowest BCUT2D eigenvalue weighted by atomic mass is 10.2. The fourth-order valence-corrected chi connectivity index (χ4v) is 3.06. The first-order chi connectivity index (χ1) is 9.60. The van der Waals surface area contributed by atoms with Crippen molar-refractivity contribution in [3.05, 3.63) is 51.3 Å². The first-order valence-corrected chi connectivity index (χ1v) is 7.73. The van der Waals surface area contributed by atoms with Crippen molar-refractivity contribution in [2.24, 2.45) is 0 Å². The van der Waals surface area contributed by atoms with Crippen molar-refractivity contribution in [3.8, 4) is 0 Å². The number of nitrogens with zero attached hydrogens (tertiary/aromatic N) is 3. The lowest BCUT2D eigenvalue weighted by molar-refractivity contribution is 0.602. The molecule has 0 radical (unpaired) electrons. The van der Waals surface area contributed by atoms with Gasteiger partial charge in [-0.2, -0.15) is 5.10 Å². The van der Waals surface area contributed by atoms with Gasteiger partial charge in [-0.3, -0.25) is 4.68 Å². The second-order valence-electron chi connectivity index (χ2n) is 4.81. The Labute approximate surface area is 131 Å². The van der Waals surface area contributed by atoms with Gasteiger partial charge in [-0.15, -0.1) is 0 Å². The molecule has 0 aliphatic carbocycles. The monoisotopic (exact) mass is 351 g/mol. The molecule has 3 rings (SSSR count). The Morgan fingerprint density at radius 1 is 1.30 bits per heavy atom. The molecule has 0 aliphatic rings. The van der Waals surface area contributed by atoms with Crippen molar-refractivity contribution >= 4 is 38.4 Å². The van der Waals surface area contributed by atoms with Crippen LogP contribution in [0.1, 0.15) is 18.3 Å². The molecule has 0 atom stereocenters. The number of benzene rings is 1. The van der Waals surface area contributed by atoms with Crippen LogP contribution in [0.4, 0.5) is 0 Å². The van der Waals surface area contributed by atoms with E-state index >= 15 is 0 Å². The summed E-state index contributed by atoms with van der Waals surface area (Å²) >= 11 is 9.88. The van der Waals surface area contributed by atoms with E-state index in [1.807, 2.05) is 11.6 Å². The van der Waals surface area contributed by atoms with Crippen molar-refractivity contribution in [2.45, 2.75) is 26.9 Å². The third-order valence-corrected chi connectivity index (χ3v) is 4.49. The molecule has 2 heterocycles. The molecule has 0 saturated heterocycles. The van der Waals surface area contributed by atoms with Gasteiger partial charge in [-0.05, 0) is 38.1 Å². The van der Waals surface area contributed by atoms with Crippen LogP contribution in [0.2, 0.25) is 5.02 Å². The molecule has 20 heavy (non-hydrogen) atoms. The molecule has 0 fully saturated rings. The molecular formula is C15H15BrClN3. The number of hydrogen-bond donors (Lipinski definition) is 0. The maximum Gasteiger partial charge on any atom is 0.0865 e. The highest BCUT2D eigenvalue weighted by molar-refractivity contribution is 9.10. The highest BCUT2D eigenvalue weighted by atomic mass is 79.9. The quantitative estimate of drug-likeness (QED) is 0.674. The van der Waals surface area contributed by atoms with Gasteiger partial charge in [0.25, 0.3) is 0 Å². The molecule has 3 nitrogen and oxygen atoms in total. The van der Waals surface area contributed by atoms with Crippen molar-refractivity contribution in [2.75, 3.05) is 0 Å². The Morgan fingerprint density at radius 2 is 2.10 bits per heavy atom. The van der Waals surface area contributed by atoms with Crippen molar-refractivity contribution in [1.82, 2.24) is 14.3 Å². The molecule has 0 bridgehead atoms. The summed E-state index contributed by atoms with van der Waals surface area (Å²) in [5.41, 5.74) is 3.15. The third-order valence-electron chi connectivity index (χ3n) is 3.51. The molecule has 0 saturated carbocycles. The van der Waals surface area contributed by atoms with Gasteiger partial charge in [0, 0.05) is 28.1 Å². The van der Waals surface area contributed by atoms with Crippen LogP contribution in [0, 0.1) is 6.92 Å². The average molecular weight is 353 g/mol. The Balaban J connectivity index is 2.05. The molecule has 1 aromatic carbocycles. The Bertz CT molecular complexity index is 773. The van der Waals surface area contributed by atoms with E-state index in [4.69, 9.17) is 11.6 Å². The fraction of sp³-hybridized carbons (Fsp3) is 0.267. The van der Waals surface area contributed by atoms with Gasteiger partial charge in [0.1, 0.15) is 0 Å². The summed E-state index contributed by atoms with van der Waals surface area (Å²) in [6.45, 7) is 5.59. The molecule has 0 aliphatic heterocycles. The molecule has 0 N–H and O–H groups in total. The minimum absolute atomic E-state index is 0.735. The zero-order valence-corrected chi connectivity index (χ0v) is 13.7. The first-order valence-electron chi connectivity index (χ1n) is 6.56. The molecule has 0 spiro atoms. The minimum Gasteiger partial charge on any atom is -0.341 e. The highest BCUT2D eigenvalue weighted by Gasteiger charge is 2.13. The molecule has 104 valence electrons. The molecule has 0 amide bonds. The summed E-state index contributed by atoms with van der Waals surface area (Å²) in [6, 6.07) is 8.42. The Hall–Kier alpha value is -1.26. The van der Waals surface area contributed by atoms with Crippen LogP contribution >= 0.6 is 27.5 Å². The number of aryl methyl sites for hydroxylation is 2. The van der Waals surface area contributed by atoms with E-state index in [1.165, 1.54) is 10.9 Å². The molecular weight excluding hydrogens is 338 g/mol. The Kier molecular flexibility index (Phi) is 3.61. The summed E-state index contributed by atoms with van der Waals surface area (Å²) in [7, 11) is 0. The largest absolute Gasteiger partial charge is 0.341 e. The maximum atomic E-state index is 6.38. The van der Waals surface area contributed by atoms with E-state index in [0.29, 0.717) is 0 Å². The fourth-order valence-electron chi connectivity index (χ4n) is 2.49. The van der Waals surface area contributed by atoms with E-state index in [-0.39, 0.29) is 0 Å². The molecule has 3 aromatic rings. The number of fused-ring (bicyclic) bond motifs is 1. The Morgan fingerprint density at radius 3 is 2.85 bits per heavy atom. The van der Waals surface area contributed by atoms with E-state index < -0.39 is 0 Å². The van der Waals surface area contributed by atoms with E-state index in [2.05, 4.69) is 63.0 Å². The predicted molar refractivity (Wildman–Crippen MR) is 86.4 cm³/mol. The van der Waals surface area contributed by atoms with Crippen LogP contribution in [0.5, 0.6) is 0 Å². The van der Waals surface area contributed by atoms with Crippen LogP contribution in [-0.4, -0.2) is 14.3 Å². The number of halogens is 2. The summed E-state index contributed by atoms with van der Waals surface area (Å²) < 4.78 is 5.27. The van der Waals surface area contributed by atoms with Gasteiger partial charge in [0.2, 0.25) is 0 Å². The predicted octanol–water partition coefficient (Wildman–Crippen LogP) is 4.63. The minimum atomic E-state index is 0.735. The number of rotatable bonds is 3. The van der Waals surface area contributed by atoms with E-state index in [0.717, 1.165) is 34.0 Å². The van der Waals surface area contributed by atoms with Gasteiger partial charge >= 0.3 is 0 Å². The molecule has 0 unspecified atom stereocenters. The van der Waals surface area contributed by atoms with Gasteiger partial charge in [-0.25, -0.2) is 0 Å². The van der Waals surface area contributed by atoms with Crippen LogP contribution < -0.4 is 0 Å². The summed E-state index contributed by atoms with van der Waals surface area (Å²) in [4.78, 5) is 0. The van der Waals surface area contributed by atoms with E-state index in [1.54, 1.807) is 0 Å². The normalized spacial score (nSPS) is 11.4. The zero-order valence-electron chi connectivity index (χ0n) is 11.4. The lowest BCUT2D eigenvalue weighted by Crippen LogP contribution is -2.07. The highest BCUT2D eigenvalue weighted by Crippen LogP contribution is 2.25. The summed E-state index contributed by atoms with van der Waals surface area (Å²) in [5, 5.41) is 6.45. The van der Waals surface area contributed by atoms with Crippen molar-refractivity contribution in [3.63, 3.8) is 0 Å². The standard InChI is InChI=1S/C15H15BrClN3/c1-3-20-14(15(17)10(2)18-20)9-19-7-6-11-8-12(16)4-5-13(11)19/h4-8H,3,9H2,1-2H3. The van der Waals surface area contributed by atoms with E-state index in [9.17, 15) is 0 Å². The van der Waals surface area contributed by atoms with Gasteiger partial charge in [0.15, 0.2) is 0 Å². The summed E-state index contributed by atoms with van der Waals surface area (Å²) in [6.07, 6.45) is 2.09. The molecule has 5 heteroatoms. The van der Waals surface area contributed by atoms with Gasteiger partial charge < -0.3 is 4.57 Å². The van der Waals surface area contributed by atoms with Crippen LogP contribution in [0.15, 0.2) is 34.9 Å². The molecule has 2 aromatic heterocycles. The number of aromatic nitrogens is 3. The van der Waals surface area contributed by atoms with Crippen LogP contribution in [-0.2, 0) is 13.1 Å².